The summed E-state index contributed by atoms with van der Waals surface area (Å²) >= 11 is 9.23. The maximum Gasteiger partial charge on any atom is 0.255 e. The van der Waals surface area contributed by atoms with Crippen LogP contribution in [0.25, 0.3) is 0 Å². The molecular formula is C25H27BrClF2N5O2. The van der Waals surface area contributed by atoms with Gasteiger partial charge in [0, 0.05) is 47.7 Å². The Morgan fingerprint density at radius 3 is 2.56 bits per heavy atom. The number of aromatic nitrogens is 3. The minimum atomic E-state index is -1.02. The fraction of sp³-hybridized carbons (Fsp3) is 0.360. The lowest BCUT2D eigenvalue weighted by molar-refractivity contribution is -0.124. The molecule has 1 aromatic carbocycles. The van der Waals surface area contributed by atoms with Gasteiger partial charge in [-0.25, -0.2) is 8.78 Å². The highest BCUT2D eigenvalue weighted by molar-refractivity contribution is 9.10. The van der Waals surface area contributed by atoms with Crippen molar-refractivity contribution in [1.82, 2.24) is 25.4 Å². The summed E-state index contributed by atoms with van der Waals surface area (Å²) in [7, 11) is 1.74. The molecule has 1 atom stereocenters. The van der Waals surface area contributed by atoms with Crippen LogP contribution in [0.5, 0.6) is 0 Å². The van der Waals surface area contributed by atoms with Crippen molar-refractivity contribution in [3.05, 3.63) is 81.3 Å². The monoisotopic (exact) mass is 581 g/mol. The molecule has 0 radical (unpaired) electrons. The number of nitrogens with zero attached hydrogens (tertiary/aromatic N) is 3. The van der Waals surface area contributed by atoms with E-state index in [1.165, 1.54) is 18.2 Å². The summed E-state index contributed by atoms with van der Waals surface area (Å²) in [6, 6.07) is 4.53. The van der Waals surface area contributed by atoms with Crippen LogP contribution in [0.3, 0.4) is 0 Å². The number of nitrogens with one attached hydrogen (secondary N) is 2. The number of hydrogen-bond acceptors (Lipinski definition) is 4. The first kappa shape index (κ1) is 27.7. The number of amides is 2. The zero-order valence-corrected chi connectivity index (χ0v) is 22.5. The maximum atomic E-state index is 14.8. The molecule has 2 N–H and O–H groups in total. The third-order valence-corrected chi connectivity index (χ3v) is 6.40. The van der Waals surface area contributed by atoms with Crippen molar-refractivity contribution in [2.75, 3.05) is 5.88 Å². The van der Waals surface area contributed by atoms with Crippen molar-refractivity contribution in [3.8, 4) is 0 Å². The van der Waals surface area contributed by atoms with Gasteiger partial charge in [0.25, 0.3) is 5.91 Å². The molecule has 0 aliphatic rings. The van der Waals surface area contributed by atoms with Gasteiger partial charge in [-0.1, -0.05) is 15.9 Å². The molecule has 0 unspecified atom stereocenters. The van der Waals surface area contributed by atoms with E-state index in [1.807, 2.05) is 0 Å². The van der Waals surface area contributed by atoms with Crippen LogP contribution in [0.2, 0.25) is 0 Å². The smallest absolute Gasteiger partial charge is 0.255 e. The predicted molar refractivity (Wildman–Crippen MR) is 137 cm³/mol. The van der Waals surface area contributed by atoms with E-state index >= 15 is 0 Å². The molecule has 0 fully saturated rings. The van der Waals surface area contributed by atoms with Crippen LogP contribution in [0, 0.1) is 11.6 Å². The molecule has 0 bridgehead atoms. The van der Waals surface area contributed by atoms with Gasteiger partial charge in [0.2, 0.25) is 5.91 Å². The van der Waals surface area contributed by atoms with E-state index in [4.69, 9.17) is 11.6 Å². The second-order valence-electron chi connectivity index (χ2n) is 9.09. The van der Waals surface area contributed by atoms with E-state index in [9.17, 15) is 18.4 Å². The van der Waals surface area contributed by atoms with Crippen LogP contribution in [0.4, 0.5) is 8.78 Å². The summed E-state index contributed by atoms with van der Waals surface area (Å²) < 4.78 is 30.1. The van der Waals surface area contributed by atoms with Crippen LogP contribution in [0.1, 0.15) is 41.0 Å². The topological polar surface area (TPSA) is 88.9 Å². The van der Waals surface area contributed by atoms with Crippen molar-refractivity contribution < 1.29 is 18.4 Å². The normalized spacial score (nSPS) is 12.3. The molecule has 2 aromatic heterocycles. The lowest BCUT2D eigenvalue weighted by atomic mass is 9.96. The van der Waals surface area contributed by atoms with Crippen LogP contribution in [-0.2, 0) is 31.1 Å². The second-order valence-corrected chi connectivity index (χ2v) is 10.3. The second kappa shape index (κ2) is 11.9. The van der Waals surface area contributed by atoms with Crippen molar-refractivity contribution in [2.45, 2.75) is 44.7 Å². The number of rotatable bonds is 10. The molecule has 0 saturated carbocycles. The number of pyridine rings is 1. The first-order chi connectivity index (χ1) is 17.0. The van der Waals surface area contributed by atoms with Gasteiger partial charge in [0.05, 0.1) is 18.0 Å². The lowest BCUT2D eigenvalue weighted by Gasteiger charge is -2.29. The van der Waals surface area contributed by atoms with E-state index < -0.39 is 35.0 Å². The summed E-state index contributed by atoms with van der Waals surface area (Å²) in [5, 5.41) is 9.75. The summed E-state index contributed by atoms with van der Waals surface area (Å²) in [6.07, 6.45) is 5.17. The Labute approximate surface area is 221 Å². The van der Waals surface area contributed by atoms with Crippen LogP contribution in [0.15, 0.2) is 47.3 Å². The van der Waals surface area contributed by atoms with E-state index in [1.54, 1.807) is 44.0 Å². The van der Waals surface area contributed by atoms with Gasteiger partial charge in [-0.05, 0) is 55.7 Å². The largest absolute Gasteiger partial charge is 0.349 e. The Morgan fingerprint density at radius 1 is 1.19 bits per heavy atom. The number of alkyl halides is 1. The Balaban J connectivity index is 1.85. The van der Waals surface area contributed by atoms with E-state index in [0.717, 1.165) is 6.20 Å². The average Bonchev–Trinajstić information content (AvgIpc) is 3.21. The minimum Gasteiger partial charge on any atom is -0.349 e. The summed E-state index contributed by atoms with van der Waals surface area (Å²) in [6.45, 7) is 3.59. The molecule has 2 amide bonds. The Kier molecular flexibility index (Phi) is 9.19. The number of carbonyl (C=O) groups excluding carboxylic acids is 2. The molecule has 0 aliphatic carbocycles. The molecule has 0 aliphatic heterocycles. The van der Waals surface area contributed by atoms with Crippen molar-refractivity contribution in [1.29, 1.82) is 0 Å². The SMILES string of the molecule is Cn1cc(C[C@@H](NC(=O)c2c(F)ccc(Br)c2CCCl)C(=O)NC(C)(C)Cc2ccc(F)cn2)cn1. The van der Waals surface area contributed by atoms with Gasteiger partial charge in [0.15, 0.2) is 0 Å². The zero-order chi connectivity index (χ0) is 26.5. The fourth-order valence-electron chi connectivity index (χ4n) is 3.86. The Bertz CT molecular complexity index is 1230. The highest BCUT2D eigenvalue weighted by Crippen LogP contribution is 2.25. The van der Waals surface area contributed by atoms with Gasteiger partial charge >= 0.3 is 0 Å². The van der Waals surface area contributed by atoms with Gasteiger partial charge < -0.3 is 10.6 Å². The summed E-state index contributed by atoms with van der Waals surface area (Å²) in [4.78, 5) is 30.7. The molecular weight excluding hydrogens is 556 g/mol. The van der Waals surface area contributed by atoms with E-state index in [-0.39, 0.29) is 24.3 Å². The summed E-state index contributed by atoms with van der Waals surface area (Å²) in [5.41, 5.74) is 0.794. The summed E-state index contributed by atoms with van der Waals surface area (Å²) in [5.74, 6) is -2.16. The number of hydrogen-bond donors (Lipinski definition) is 2. The van der Waals surface area contributed by atoms with Crippen molar-refractivity contribution in [2.24, 2.45) is 7.05 Å². The predicted octanol–water partition coefficient (Wildman–Crippen LogP) is 4.12. The standard InChI is InChI=1S/C25H27BrClF2N5O2/c1-25(2,11-17-5-4-16(28)13-30-17)33-23(35)21(10-15-12-31-34(3)14-15)32-24(36)22-18(8-9-27)19(26)6-7-20(22)29/h4-7,12-14,21H,8-11H2,1-3H3,(H,32,36)(H,33,35)/t21-/m1/s1. The van der Waals surface area contributed by atoms with Crippen molar-refractivity contribution >= 4 is 39.3 Å². The lowest BCUT2D eigenvalue weighted by Crippen LogP contribution is -2.55. The molecule has 3 rings (SSSR count). The minimum absolute atomic E-state index is 0.136. The average molecular weight is 583 g/mol. The van der Waals surface area contributed by atoms with E-state index in [0.29, 0.717) is 27.7 Å². The molecule has 7 nitrogen and oxygen atoms in total. The zero-order valence-electron chi connectivity index (χ0n) is 20.1. The Morgan fingerprint density at radius 2 is 1.94 bits per heavy atom. The van der Waals surface area contributed by atoms with E-state index in [2.05, 4.69) is 36.6 Å². The van der Waals surface area contributed by atoms with Crippen LogP contribution < -0.4 is 10.6 Å². The molecule has 3 aromatic rings. The molecule has 0 spiro atoms. The maximum absolute atomic E-state index is 14.8. The molecule has 0 saturated heterocycles. The third-order valence-electron chi connectivity index (χ3n) is 5.47. The van der Waals surface area contributed by atoms with Crippen LogP contribution >= 0.6 is 27.5 Å². The molecule has 2 heterocycles. The number of carbonyl (C=O) groups is 2. The van der Waals surface area contributed by atoms with Crippen molar-refractivity contribution in [3.63, 3.8) is 0 Å². The first-order valence-electron chi connectivity index (χ1n) is 11.2. The fourth-order valence-corrected chi connectivity index (χ4v) is 4.58. The van der Waals surface area contributed by atoms with Gasteiger partial charge in [-0.2, -0.15) is 5.10 Å². The van der Waals surface area contributed by atoms with Gasteiger partial charge in [-0.15, -0.1) is 11.6 Å². The highest BCUT2D eigenvalue weighted by atomic mass is 79.9. The van der Waals surface area contributed by atoms with Gasteiger partial charge in [-0.3, -0.25) is 19.3 Å². The number of halogens is 4. The Hall–Kier alpha value is -2.85. The highest BCUT2D eigenvalue weighted by Gasteiger charge is 2.30. The van der Waals surface area contributed by atoms with Gasteiger partial charge in [0.1, 0.15) is 17.7 Å². The molecule has 11 heteroatoms. The van der Waals surface area contributed by atoms with Crippen LogP contribution in [-0.4, -0.2) is 44.0 Å². The number of benzene rings is 1. The molecule has 192 valence electrons. The third kappa shape index (κ3) is 7.33. The first-order valence-corrected chi connectivity index (χ1v) is 12.6. The molecule has 36 heavy (non-hydrogen) atoms. The number of aryl methyl sites for hydroxylation is 1. The quantitative estimate of drug-likeness (QED) is 0.352.